The number of halogens is 2. The van der Waals surface area contributed by atoms with Gasteiger partial charge in [-0.25, -0.2) is 9.37 Å². The molecule has 4 nitrogen and oxygen atoms in total. The van der Waals surface area contributed by atoms with E-state index in [1.54, 1.807) is 12.4 Å². The van der Waals surface area contributed by atoms with E-state index in [9.17, 15) is 4.39 Å². The topological polar surface area (TPSA) is 42.7 Å². The molecule has 0 fully saturated rings. The predicted molar refractivity (Wildman–Crippen MR) is 77.2 cm³/mol. The summed E-state index contributed by atoms with van der Waals surface area (Å²) in [5.41, 5.74) is 0.861. The molecule has 2 aromatic rings. The zero-order chi connectivity index (χ0) is 14.5. The first-order valence-electron chi connectivity index (χ1n) is 6.70. The van der Waals surface area contributed by atoms with Crippen LogP contribution in [0.5, 0.6) is 0 Å². The van der Waals surface area contributed by atoms with E-state index in [4.69, 9.17) is 11.6 Å². The molecule has 1 aromatic carbocycles. The number of nitrogens with one attached hydrogen (secondary N) is 1. The molecule has 1 N–H and O–H groups in total. The van der Waals surface area contributed by atoms with E-state index in [-0.39, 0.29) is 11.1 Å². The first-order chi connectivity index (χ1) is 9.65. The van der Waals surface area contributed by atoms with Crippen LogP contribution in [0.15, 0.2) is 24.5 Å². The highest BCUT2D eigenvalue weighted by Gasteiger charge is 2.16. The number of likely N-dealkylation sites (N-methyl/N-ethyl adjacent to an activating group) is 1. The Balaban J connectivity index is 2.24. The van der Waals surface area contributed by atoms with Gasteiger partial charge in [-0.05, 0) is 31.2 Å². The third kappa shape index (κ3) is 3.35. The van der Waals surface area contributed by atoms with Crippen LogP contribution in [0.25, 0.3) is 0 Å². The molecule has 0 saturated carbocycles. The number of aryl methyl sites for hydroxylation is 1. The molecule has 2 rings (SSSR count). The zero-order valence-corrected chi connectivity index (χ0v) is 12.4. The Hall–Kier alpha value is -1.46. The molecule has 1 heterocycles. The van der Waals surface area contributed by atoms with Gasteiger partial charge in [0.2, 0.25) is 0 Å². The molecule has 0 radical (unpaired) electrons. The number of aromatic nitrogens is 3. The maximum atomic E-state index is 13.6. The highest BCUT2D eigenvalue weighted by Crippen LogP contribution is 2.22. The molecule has 0 bridgehead atoms. The molecule has 20 heavy (non-hydrogen) atoms. The number of nitrogens with zero attached hydrogens (tertiary/aromatic N) is 3. The van der Waals surface area contributed by atoms with Crippen molar-refractivity contribution in [1.29, 1.82) is 0 Å². The first kappa shape index (κ1) is 14.9. The molecule has 1 aromatic heterocycles. The van der Waals surface area contributed by atoms with Crippen LogP contribution in [0.4, 0.5) is 4.39 Å². The summed E-state index contributed by atoms with van der Waals surface area (Å²) in [4.78, 5) is 4.27. The van der Waals surface area contributed by atoms with Gasteiger partial charge in [-0.1, -0.05) is 24.6 Å². The van der Waals surface area contributed by atoms with Crippen molar-refractivity contribution in [2.45, 2.75) is 32.9 Å². The summed E-state index contributed by atoms with van der Waals surface area (Å²) in [6, 6.07) is 4.88. The fraction of sp³-hybridized carbons (Fsp3) is 0.429. The summed E-state index contributed by atoms with van der Waals surface area (Å²) in [6.45, 7) is 5.59. The van der Waals surface area contributed by atoms with Crippen molar-refractivity contribution in [3.8, 4) is 0 Å². The second-order valence-corrected chi connectivity index (χ2v) is 4.89. The van der Waals surface area contributed by atoms with Crippen LogP contribution in [0.2, 0.25) is 5.02 Å². The van der Waals surface area contributed by atoms with Crippen LogP contribution >= 0.6 is 11.6 Å². The molecule has 0 aliphatic carbocycles. The van der Waals surface area contributed by atoms with Gasteiger partial charge in [0.15, 0.2) is 0 Å². The van der Waals surface area contributed by atoms with Gasteiger partial charge >= 0.3 is 0 Å². The normalized spacial score (nSPS) is 12.6. The molecule has 0 spiro atoms. The third-order valence-electron chi connectivity index (χ3n) is 3.18. The number of hydrogen-bond donors (Lipinski definition) is 1. The van der Waals surface area contributed by atoms with Crippen molar-refractivity contribution in [2.75, 3.05) is 6.54 Å². The summed E-state index contributed by atoms with van der Waals surface area (Å²) >= 11 is 5.73. The van der Waals surface area contributed by atoms with Crippen molar-refractivity contribution in [2.24, 2.45) is 0 Å². The summed E-state index contributed by atoms with van der Waals surface area (Å²) in [5, 5.41) is 7.64. The van der Waals surface area contributed by atoms with Crippen LogP contribution in [-0.4, -0.2) is 21.3 Å². The smallest absolute Gasteiger partial charge is 0.142 e. The molecule has 1 atom stereocenters. The van der Waals surface area contributed by atoms with Crippen molar-refractivity contribution in [3.63, 3.8) is 0 Å². The minimum Gasteiger partial charge on any atom is -0.310 e. The van der Waals surface area contributed by atoms with E-state index in [0.29, 0.717) is 6.42 Å². The Morgan fingerprint density at radius 3 is 2.85 bits per heavy atom. The lowest BCUT2D eigenvalue weighted by Crippen LogP contribution is -2.24. The molecule has 0 aliphatic rings. The Bertz CT molecular complexity index is 570. The second kappa shape index (κ2) is 6.81. The van der Waals surface area contributed by atoms with Gasteiger partial charge in [-0.15, -0.1) is 0 Å². The fourth-order valence-electron chi connectivity index (χ4n) is 2.18. The van der Waals surface area contributed by atoms with Crippen LogP contribution in [0, 0.1) is 5.82 Å². The highest BCUT2D eigenvalue weighted by atomic mass is 35.5. The lowest BCUT2D eigenvalue weighted by Gasteiger charge is -2.18. The van der Waals surface area contributed by atoms with Gasteiger partial charge in [-0.3, -0.25) is 4.68 Å². The average molecular weight is 297 g/mol. The molecule has 6 heteroatoms. The van der Waals surface area contributed by atoms with Crippen LogP contribution < -0.4 is 5.32 Å². The van der Waals surface area contributed by atoms with Gasteiger partial charge in [0.1, 0.15) is 18.0 Å². The van der Waals surface area contributed by atoms with Crippen LogP contribution in [0.3, 0.4) is 0 Å². The van der Waals surface area contributed by atoms with E-state index in [1.807, 2.05) is 24.6 Å². The number of rotatable bonds is 6. The Morgan fingerprint density at radius 2 is 2.20 bits per heavy atom. The van der Waals surface area contributed by atoms with Crippen LogP contribution in [0.1, 0.15) is 31.3 Å². The molecule has 1 unspecified atom stereocenters. The largest absolute Gasteiger partial charge is 0.310 e. The molecule has 108 valence electrons. The summed E-state index contributed by atoms with van der Waals surface area (Å²) in [7, 11) is 0. The van der Waals surface area contributed by atoms with Crippen molar-refractivity contribution < 1.29 is 4.39 Å². The molecule has 0 saturated heterocycles. The lowest BCUT2D eigenvalue weighted by molar-refractivity contribution is 0.506. The molecule has 0 aliphatic heterocycles. The molecular weight excluding hydrogens is 279 g/mol. The Morgan fingerprint density at radius 1 is 1.40 bits per heavy atom. The molecular formula is C14H18ClFN4. The highest BCUT2D eigenvalue weighted by molar-refractivity contribution is 6.30. The SMILES string of the molecule is CCNC(Cc1ncnn1CC)c1ccc(Cl)c(F)c1. The van der Waals surface area contributed by atoms with E-state index in [2.05, 4.69) is 15.4 Å². The number of hydrogen-bond acceptors (Lipinski definition) is 3. The lowest BCUT2D eigenvalue weighted by atomic mass is 10.0. The predicted octanol–water partition coefficient (Wildman–Crippen LogP) is 2.98. The third-order valence-corrected chi connectivity index (χ3v) is 3.49. The van der Waals surface area contributed by atoms with Gasteiger partial charge < -0.3 is 5.32 Å². The summed E-state index contributed by atoms with van der Waals surface area (Å²) in [6.07, 6.45) is 2.20. The molecule has 0 amide bonds. The van der Waals surface area contributed by atoms with Crippen molar-refractivity contribution in [3.05, 3.63) is 46.8 Å². The average Bonchev–Trinajstić information content (AvgIpc) is 2.88. The van der Waals surface area contributed by atoms with Crippen LogP contribution in [-0.2, 0) is 13.0 Å². The maximum absolute atomic E-state index is 13.6. The van der Waals surface area contributed by atoms with Gasteiger partial charge in [0, 0.05) is 19.0 Å². The Labute approximate surface area is 123 Å². The monoisotopic (exact) mass is 296 g/mol. The van der Waals surface area contributed by atoms with E-state index >= 15 is 0 Å². The van der Waals surface area contributed by atoms with E-state index < -0.39 is 5.82 Å². The van der Waals surface area contributed by atoms with E-state index in [0.717, 1.165) is 24.5 Å². The van der Waals surface area contributed by atoms with Gasteiger partial charge in [0.05, 0.1) is 5.02 Å². The minimum atomic E-state index is -0.399. The summed E-state index contributed by atoms with van der Waals surface area (Å²) in [5.74, 6) is 0.484. The second-order valence-electron chi connectivity index (χ2n) is 4.48. The maximum Gasteiger partial charge on any atom is 0.142 e. The standard InChI is InChI=1S/C14H18ClFN4/c1-3-17-13(8-14-18-9-19-20(14)4-2)10-5-6-11(15)12(16)7-10/h5-7,9,13,17H,3-4,8H2,1-2H3. The fourth-order valence-corrected chi connectivity index (χ4v) is 2.29. The van der Waals surface area contributed by atoms with Gasteiger partial charge in [-0.2, -0.15) is 5.10 Å². The van der Waals surface area contributed by atoms with E-state index in [1.165, 1.54) is 6.07 Å². The van der Waals surface area contributed by atoms with Gasteiger partial charge in [0.25, 0.3) is 0 Å². The van der Waals surface area contributed by atoms with Crippen molar-refractivity contribution in [1.82, 2.24) is 20.1 Å². The first-order valence-corrected chi connectivity index (χ1v) is 7.08. The van der Waals surface area contributed by atoms with Crippen molar-refractivity contribution >= 4 is 11.6 Å². The number of benzene rings is 1. The zero-order valence-electron chi connectivity index (χ0n) is 11.6. The minimum absolute atomic E-state index is 0.0127. The Kier molecular flexibility index (Phi) is 5.09. The summed E-state index contributed by atoms with van der Waals surface area (Å²) < 4.78 is 15.5. The quantitative estimate of drug-likeness (QED) is 0.891.